The van der Waals surface area contributed by atoms with Gasteiger partial charge in [-0.05, 0) is 12.5 Å². The lowest BCUT2D eigenvalue weighted by atomic mass is 9.97. The maximum absolute atomic E-state index is 11.7. The molecule has 0 aliphatic heterocycles. The number of fused-ring (bicyclic) bond motifs is 1. The number of benzene rings is 1. The second-order valence-electron chi connectivity index (χ2n) is 4.07. The Morgan fingerprint density at radius 1 is 1.44 bits per heavy atom. The van der Waals surface area contributed by atoms with Crippen LogP contribution in [0.25, 0.3) is 0 Å². The largest absolute Gasteiger partial charge is 0.356 e. The van der Waals surface area contributed by atoms with E-state index in [2.05, 4.69) is 5.32 Å². The van der Waals surface area contributed by atoms with Crippen LogP contribution in [0.4, 0.5) is 0 Å². The van der Waals surface area contributed by atoms with E-state index in [-0.39, 0.29) is 17.6 Å². The van der Waals surface area contributed by atoms with Gasteiger partial charge in [-0.25, -0.2) is 0 Å². The van der Waals surface area contributed by atoms with Crippen LogP contribution in [0.3, 0.4) is 0 Å². The molecule has 1 aliphatic carbocycles. The van der Waals surface area contributed by atoms with Crippen molar-refractivity contribution in [2.24, 2.45) is 0 Å². The minimum absolute atomic E-state index is 0.0250. The highest BCUT2D eigenvalue weighted by atomic mass is 16.1. The summed E-state index contributed by atoms with van der Waals surface area (Å²) < 4.78 is 0. The minimum Gasteiger partial charge on any atom is -0.356 e. The van der Waals surface area contributed by atoms with Crippen molar-refractivity contribution in [2.45, 2.75) is 25.7 Å². The summed E-state index contributed by atoms with van der Waals surface area (Å²) in [6.07, 6.45) is 0.882. The molecule has 0 aromatic heterocycles. The summed E-state index contributed by atoms with van der Waals surface area (Å²) in [6, 6.07) is 7.58. The number of carbonyl (C=O) groups excluding carboxylic acids is 2. The summed E-state index contributed by atoms with van der Waals surface area (Å²) in [4.78, 5) is 23.2. The lowest BCUT2D eigenvalue weighted by Gasteiger charge is -2.09. The van der Waals surface area contributed by atoms with Gasteiger partial charge in [0.05, 0.1) is 0 Å². The highest BCUT2D eigenvalue weighted by molar-refractivity contribution is 6.01. The van der Waals surface area contributed by atoms with Gasteiger partial charge in [-0.2, -0.15) is 0 Å². The molecule has 84 valence electrons. The smallest absolute Gasteiger partial charge is 0.220 e. The number of Topliss-reactive ketones (excluding diaryl/α,β-unsaturated/α-hetero) is 1. The molecule has 1 aromatic rings. The molecular weight excluding hydrogens is 202 g/mol. The van der Waals surface area contributed by atoms with Gasteiger partial charge in [0.25, 0.3) is 0 Å². The Bertz CT molecular complexity index is 426. The van der Waals surface area contributed by atoms with Gasteiger partial charge in [-0.15, -0.1) is 0 Å². The van der Waals surface area contributed by atoms with Crippen molar-refractivity contribution in [2.75, 3.05) is 6.54 Å². The third kappa shape index (κ3) is 1.98. The van der Waals surface area contributed by atoms with Crippen LogP contribution in [0.5, 0.6) is 0 Å². The van der Waals surface area contributed by atoms with Crippen LogP contribution >= 0.6 is 0 Å². The van der Waals surface area contributed by atoms with E-state index in [1.807, 2.05) is 31.2 Å². The molecule has 0 saturated carbocycles. The van der Waals surface area contributed by atoms with Crippen LogP contribution in [0.1, 0.15) is 41.6 Å². The van der Waals surface area contributed by atoms with Crippen molar-refractivity contribution in [3.63, 3.8) is 0 Å². The van der Waals surface area contributed by atoms with Crippen molar-refractivity contribution in [3.05, 3.63) is 35.4 Å². The first-order valence-electron chi connectivity index (χ1n) is 5.61. The molecule has 2 rings (SSSR count). The number of nitrogens with one attached hydrogen (secondary N) is 1. The molecule has 0 heterocycles. The molecule has 0 spiro atoms. The standard InChI is InChI=1S/C13H15NO2/c1-2-14-13(16)8-9-7-12(15)11-6-4-3-5-10(9)11/h3-6,9H,2,7-8H2,1H3,(H,14,16)/t9-/m1/s1. The Kier molecular flexibility index (Phi) is 3.04. The SMILES string of the molecule is CCNC(=O)C[C@H]1CC(=O)c2ccccc21. The molecule has 1 aliphatic rings. The van der Waals surface area contributed by atoms with E-state index < -0.39 is 0 Å². The minimum atomic E-state index is 0.0250. The quantitative estimate of drug-likeness (QED) is 0.840. The predicted octanol–water partition coefficient (Wildman–Crippen LogP) is 1.88. The second kappa shape index (κ2) is 4.47. The summed E-state index contributed by atoms with van der Waals surface area (Å²) in [7, 11) is 0. The monoisotopic (exact) mass is 217 g/mol. The first-order chi connectivity index (χ1) is 7.72. The van der Waals surface area contributed by atoms with Crippen LogP contribution in [-0.2, 0) is 4.79 Å². The Labute approximate surface area is 94.9 Å². The average molecular weight is 217 g/mol. The molecule has 1 amide bonds. The van der Waals surface area contributed by atoms with Crippen molar-refractivity contribution in [1.82, 2.24) is 5.32 Å². The van der Waals surface area contributed by atoms with Gasteiger partial charge < -0.3 is 5.32 Å². The zero-order chi connectivity index (χ0) is 11.5. The molecule has 0 bridgehead atoms. The zero-order valence-corrected chi connectivity index (χ0v) is 9.32. The number of carbonyl (C=O) groups is 2. The van der Waals surface area contributed by atoms with Crippen molar-refractivity contribution in [1.29, 1.82) is 0 Å². The summed E-state index contributed by atoms with van der Waals surface area (Å²) >= 11 is 0. The number of rotatable bonds is 3. The second-order valence-corrected chi connectivity index (χ2v) is 4.07. The third-order valence-electron chi connectivity index (χ3n) is 2.94. The lowest BCUT2D eigenvalue weighted by molar-refractivity contribution is -0.121. The molecular formula is C13H15NO2. The highest BCUT2D eigenvalue weighted by Crippen LogP contribution is 2.34. The number of hydrogen-bond acceptors (Lipinski definition) is 2. The zero-order valence-electron chi connectivity index (χ0n) is 9.32. The molecule has 1 N–H and O–H groups in total. The Hall–Kier alpha value is -1.64. The van der Waals surface area contributed by atoms with E-state index >= 15 is 0 Å². The van der Waals surface area contributed by atoms with E-state index in [4.69, 9.17) is 0 Å². The Morgan fingerprint density at radius 2 is 2.19 bits per heavy atom. The van der Waals surface area contributed by atoms with Gasteiger partial charge >= 0.3 is 0 Å². The van der Waals surface area contributed by atoms with Crippen molar-refractivity contribution < 1.29 is 9.59 Å². The molecule has 16 heavy (non-hydrogen) atoms. The van der Waals surface area contributed by atoms with Gasteiger partial charge in [0, 0.05) is 30.9 Å². The van der Waals surface area contributed by atoms with Gasteiger partial charge in [0.1, 0.15) is 0 Å². The van der Waals surface area contributed by atoms with Gasteiger partial charge in [0.15, 0.2) is 5.78 Å². The Balaban J connectivity index is 2.15. The van der Waals surface area contributed by atoms with E-state index in [0.717, 1.165) is 11.1 Å². The summed E-state index contributed by atoms with van der Waals surface area (Å²) in [5.41, 5.74) is 1.82. The number of amides is 1. The molecule has 1 atom stereocenters. The third-order valence-corrected chi connectivity index (χ3v) is 2.94. The molecule has 0 radical (unpaired) electrons. The normalized spacial score (nSPS) is 18.3. The first kappa shape index (κ1) is 10.9. The summed E-state index contributed by atoms with van der Waals surface area (Å²) in [6.45, 7) is 2.53. The van der Waals surface area contributed by atoms with Gasteiger partial charge in [-0.3, -0.25) is 9.59 Å². The predicted molar refractivity (Wildman–Crippen MR) is 61.4 cm³/mol. The van der Waals surface area contributed by atoms with E-state index in [1.54, 1.807) is 0 Å². The van der Waals surface area contributed by atoms with Crippen molar-refractivity contribution >= 4 is 11.7 Å². The number of ketones is 1. The fourth-order valence-electron chi connectivity index (χ4n) is 2.23. The highest BCUT2D eigenvalue weighted by Gasteiger charge is 2.29. The molecule has 1 aromatic carbocycles. The fourth-order valence-corrected chi connectivity index (χ4v) is 2.23. The van der Waals surface area contributed by atoms with Gasteiger partial charge in [-0.1, -0.05) is 24.3 Å². The maximum Gasteiger partial charge on any atom is 0.220 e. The number of hydrogen-bond donors (Lipinski definition) is 1. The average Bonchev–Trinajstić information content (AvgIpc) is 2.57. The van der Waals surface area contributed by atoms with Crippen LogP contribution in [0.2, 0.25) is 0 Å². The topological polar surface area (TPSA) is 46.2 Å². The molecule has 0 unspecified atom stereocenters. The van der Waals surface area contributed by atoms with Crippen molar-refractivity contribution in [3.8, 4) is 0 Å². The lowest BCUT2D eigenvalue weighted by Crippen LogP contribution is -2.24. The first-order valence-corrected chi connectivity index (χ1v) is 5.61. The molecule has 3 heteroatoms. The van der Waals surface area contributed by atoms with E-state index in [1.165, 1.54) is 0 Å². The van der Waals surface area contributed by atoms with Crippen LogP contribution in [0, 0.1) is 0 Å². The van der Waals surface area contributed by atoms with E-state index in [0.29, 0.717) is 19.4 Å². The van der Waals surface area contributed by atoms with Gasteiger partial charge in [0.2, 0.25) is 5.91 Å². The van der Waals surface area contributed by atoms with E-state index in [9.17, 15) is 9.59 Å². The Morgan fingerprint density at radius 3 is 2.94 bits per heavy atom. The summed E-state index contributed by atoms with van der Waals surface area (Å²) in [5.74, 6) is 0.247. The summed E-state index contributed by atoms with van der Waals surface area (Å²) in [5, 5.41) is 2.77. The molecule has 3 nitrogen and oxygen atoms in total. The maximum atomic E-state index is 11.7. The van der Waals surface area contributed by atoms with Crippen LogP contribution < -0.4 is 5.32 Å². The fraction of sp³-hybridized carbons (Fsp3) is 0.385. The van der Waals surface area contributed by atoms with Crippen LogP contribution in [-0.4, -0.2) is 18.2 Å². The molecule has 0 fully saturated rings. The van der Waals surface area contributed by atoms with Crippen LogP contribution in [0.15, 0.2) is 24.3 Å². The molecule has 0 saturated heterocycles.